The van der Waals surface area contributed by atoms with Crippen LogP contribution >= 0.6 is 0 Å². The molecule has 2 rings (SSSR count). The molecule has 0 saturated heterocycles. The maximum Gasteiger partial charge on any atom is 0.167 e. The number of unbranched alkanes of at least 4 members (excludes halogenated alkanes) is 1. The molecule has 1 fully saturated rings. The van der Waals surface area contributed by atoms with Gasteiger partial charge in [0, 0.05) is 17.7 Å². The summed E-state index contributed by atoms with van der Waals surface area (Å²) in [4.78, 5) is 16.0. The summed E-state index contributed by atoms with van der Waals surface area (Å²) in [5.74, 6) is 0.500. The van der Waals surface area contributed by atoms with Gasteiger partial charge in [-0.3, -0.25) is 9.78 Å². The zero-order chi connectivity index (χ0) is 13.7. The molecule has 1 heterocycles. The summed E-state index contributed by atoms with van der Waals surface area (Å²) in [6, 6.07) is 1.30. The molecule has 1 aromatic heterocycles. The first kappa shape index (κ1) is 14.2. The third-order valence-electron chi connectivity index (χ3n) is 4.17. The van der Waals surface area contributed by atoms with Crippen molar-refractivity contribution in [2.45, 2.75) is 51.9 Å². The Morgan fingerprint density at radius 1 is 1.32 bits per heavy atom. The van der Waals surface area contributed by atoms with E-state index < -0.39 is 5.82 Å². The molecule has 1 aliphatic rings. The third-order valence-corrected chi connectivity index (χ3v) is 4.17. The van der Waals surface area contributed by atoms with Crippen LogP contribution in [-0.4, -0.2) is 10.8 Å². The van der Waals surface area contributed by atoms with Gasteiger partial charge in [-0.15, -0.1) is 0 Å². The van der Waals surface area contributed by atoms with Gasteiger partial charge < -0.3 is 0 Å². The lowest BCUT2D eigenvalue weighted by atomic mass is 9.77. The second-order valence-electron chi connectivity index (χ2n) is 5.62. The monoisotopic (exact) mass is 263 g/mol. The summed E-state index contributed by atoms with van der Waals surface area (Å²) in [5.41, 5.74) is 0.428. The van der Waals surface area contributed by atoms with E-state index in [9.17, 15) is 9.18 Å². The molecule has 0 aliphatic heterocycles. The topological polar surface area (TPSA) is 30.0 Å². The van der Waals surface area contributed by atoms with Crippen molar-refractivity contribution in [3.05, 3.63) is 29.8 Å². The van der Waals surface area contributed by atoms with Gasteiger partial charge in [-0.05, 0) is 37.7 Å². The predicted octanol–water partition coefficient (Wildman–Crippen LogP) is 4.40. The number of nitrogens with zero attached hydrogens (tertiary/aromatic N) is 1. The Morgan fingerprint density at radius 3 is 2.68 bits per heavy atom. The van der Waals surface area contributed by atoms with Crippen molar-refractivity contribution in [1.82, 2.24) is 4.98 Å². The number of hydrogen-bond donors (Lipinski definition) is 0. The number of halogens is 1. The summed E-state index contributed by atoms with van der Waals surface area (Å²) in [7, 11) is 0. The van der Waals surface area contributed by atoms with Gasteiger partial charge in [0.2, 0.25) is 0 Å². The van der Waals surface area contributed by atoms with Crippen molar-refractivity contribution in [2.24, 2.45) is 11.8 Å². The van der Waals surface area contributed by atoms with Crippen molar-refractivity contribution < 1.29 is 9.18 Å². The van der Waals surface area contributed by atoms with Gasteiger partial charge in [-0.1, -0.05) is 26.2 Å². The lowest BCUT2D eigenvalue weighted by Crippen LogP contribution is -2.22. The summed E-state index contributed by atoms with van der Waals surface area (Å²) in [6.45, 7) is 2.21. The largest absolute Gasteiger partial charge is 0.294 e. The zero-order valence-electron chi connectivity index (χ0n) is 11.6. The smallest absolute Gasteiger partial charge is 0.167 e. The molecular formula is C16H22FNO. The number of Topliss-reactive ketones (excluding diaryl/α,β-unsaturated/α-hetero) is 1. The van der Waals surface area contributed by atoms with Crippen LogP contribution in [0.4, 0.5) is 4.39 Å². The Kier molecular flexibility index (Phi) is 5.06. The second kappa shape index (κ2) is 6.78. The molecule has 2 nitrogen and oxygen atoms in total. The Balaban J connectivity index is 1.89. The Hall–Kier alpha value is -1.25. The summed E-state index contributed by atoms with van der Waals surface area (Å²) >= 11 is 0. The van der Waals surface area contributed by atoms with E-state index in [1.165, 1.54) is 31.5 Å². The molecule has 104 valence electrons. The third kappa shape index (κ3) is 3.85. The van der Waals surface area contributed by atoms with Crippen molar-refractivity contribution in [1.29, 1.82) is 0 Å². The second-order valence-corrected chi connectivity index (χ2v) is 5.62. The average molecular weight is 263 g/mol. The first-order valence-electron chi connectivity index (χ1n) is 7.35. The molecule has 0 amide bonds. The average Bonchev–Trinajstić information content (AvgIpc) is 2.45. The van der Waals surface area contributed by atoms with E-state index in [1.807, 2.05) is 0 Å². The molecule has 0 radical (unpaired) electrons. The van der Waals surface area contributed by atoms with Gasteiger partial charge in [0.15, 0.2) is 5.78 Å². The van der Waals surface area contributed by atoms with Crippen LogP contribution in [0.25, 0.3) is 0 Å². The molecule has 0 N–H and O–H groups in total. The van der Waals surface area contributed by atoms with Crippen molar-refractivity contribution in [3.63, 3.8) is 0 Å². The zero-order valence-corrected chi connectivity index (χ0v) is 11.6. The minimum absolute atomic E-state index is 0.0703. The minimum Gasteiger partial charge on any atom is -0.294 e. The fraction of sp³-hybridized carbons (Fsp3) is 0.625. The highest BCUT2D eigenvalue weighted by molar-refractivity contribution is 5.97. The van der Waals surface area contributed by atoms with Gasteiger partial charge in [0.05, 0.1) is 6.20 Å². The molecular weight excluding hydrogens is 241 g/mol. The predicted molar refractivity (Wildman–Crippen MR) is 73.5 cm³/mol. The van der Waals surface area contributed by atoms with E-state index in [1.54, 1.807) is 0 Å². The Bertz CT molecular complexity index is 425. The lowest BCUT2D eigenvalue weighted by Gasteiger charge is -2.27. The molecule has 0 bridgehead atoms. The van der Waals surface area contributed by atoms with E-state index >= 15 is 0 Å². The van der Waals surface area contributed by atoms with Crippen LogP contribution in [0.2, 0.25) is 0 Å². The number of rotatable bonds is 5. The quantitative estimate of drug-likeness (QED) is 0.737. The molecule has 0 spiro atoms. The molecule has 0 aromatic carbocycles. The van der Waals surface area contributed by atoms with E-state index in [0.717, 1.165) is 37.8 Å². The lowest BCUT2D eigenvalue weighted by molar-refractivity contribution is 0.0868. The van der Waals surface area contributed by atoms with Crippen molar-refractivity contribution in [3.8, 4) is 0 Å². The fourth-order valence-electron chi connectivity index (χ4n) is 2.99. The fourth-order valence-corrected chi connectivity index (χ4v) is 2.99. The van der Waals surface area contributed by atoms with Gasteiger partial charge >= 0.3 is 0 Å². The van der Waals surface area contributed by atoms with Crippen LogP contribution in [0.1, 0.15) is 62.2 Å². The first-order valence-corrected chi connectivity index (χ1v) is 7.35. The highest BCUT2D eigenvalue weighted by Crippen LogP contribution is 2.33. The minimum atomic E-state index is -0.428. The molecule has 3 heteroatoms. The maximum atomic E-state index is 13.1. The van der Waals surface area contributed by atoms with Crippen LogP contribution in [0.3, 0.4) is 0 Å². The maximum absolute atomic E-state index is 13.1. The Morgan fingerprint density at radius 2 is 2.05 bits per heavy atom. The number of hydrogen-bond acceptors (Lipinski definition) is 2. The highest BCUT2D eigenvalue weighted by atomic mass is 19.1. The normalized spacial score (nSPS) is 23.3. The highest BCUT2D eigenvalue weighted by Gasteiger charge is 2.26. The summed E-state index contributed by atoms with van der Waals surface area (Å²) < 4.78 is 13.1. The van der Waals surface area contributed by atoms with E-state index in [2.05, 4.69) is 11.9 Å². The number of ketones is 1. The van der Waals surface area contributed by atoms with Gasteiger partial charge in [0.25, 0.3) is 0 Å². The van der Waals surface area contributed by atoms with Crippen LogP contribution in [-0.2, 0) is 0 Å². The molecule has 0 atom stereocenters. The first-order chi connectivity index (χ1) is 9.20. The SMILES string of the molecule is CCCCC1CCC(C(=O)c2cncc(F)c2)CC1. The number of aromatic nitrogens is 1. The van der Waals surface area contributed by atoms with Crippen LogP contribution < -0.4 is 0 Å². The van der Waals surface area contributed by atoms with Crippen molar-refractivity contribution in [2.75, 3.05) is 0 Å². The molecule has 1 aromatic rings. The molecule has 1 saturated carbocycles. The van der Waals surface area contributed by atoms with Crippen LogP contribution in [0.15, 0.2) is 18.5 Å². The van der Waals surface area contributed by atoms with Crippen LogP contribution in [0.5, 0.6) is 0 Å². The number of carbonyl (C=O) groups is 1. The standard InChI is InChI=1S/C16H22FNO/c1-2-3-4-12-5-7-13(8-6-12)16(19)14-9-15(17)11-18-10-14/h9-13H,2-8H2,1H3. The molecule has 1 aliphatic carbocycles. The molecule has 0 unspecified atom stereocenters. The van der Waals surface area contributed by atoms with Gasteiger partial charge in [0.1, 0.15) is 5.82 Å². The van der Waals surface area contributed by atoms with E-state index in [-0.39, 0.29) is 11.7 Å². The molecule has 19 heavy (non-hydrogen) atoms. The van der Waals surface area contributed by atoms with E-state index in [4.69, 9.17) is 0 Å². The van der Waals surface area contributed by atoms with E-state index in [0.29, 0.717) is 5.56 Å². The van der Waals surface area contributed by atoms with Crippen molar-refractivity contribution >= 4 is 5.78 Å². The Labute approximate surface area is 114 Å². The summed E-state index contributed by atoms with van der Waals surface area (Å²) in [5, 5.41) is 0. The van der Waals surface area contributed by atoms with Crippen LogP contribution in [0, 0.1) is 17.7 Å². The summed E-state index contributed by atoms with van der Waals surface area (Å²) in [6.07, 6.45) is 10.6. The number of carbonyl (C=O) groups excluding carboxylic acids is 1. The van der Waals surface area contributed by atoms with Gasteiger partial charge in [-0.2, -0.15) is 0 Å². The van der Waals surface area contributed by atoms with Gasteiger partial charge in [-0.25, -0.2) is 4.39 Å². The number of pyridine rings is 1.